The first kappa shape index (κ1) is 22.7. The van der Waals surface area contributed by atoms with Gasteiger partial charge < -0.3 is 19.7 Å². The highest BCUT2D eigenvalue weighted by Crippen LogP contribution is 2.18. The maximum atomic E-state index is 12.4. The van der Waals surface area contributed by atoms with E-state index >= 15 is 0 Å². The quantitative estimate of drug-likeness (QED) is 0.288. The van der Waals surface area contributed by atoms with Gasteiger partial charge in [0.1, 0.15) is 6.61 Å². The molecule has 0 spiro atoms. The fourth-order valence-corrected chi connectivity index (χ4v) is 3.13. The summed E-state index contributed by atoms with van der Waals surface area (Å²) in [7, 11) is 1.38. The summed E-state index contributed by atoms with van der Waals surface area (Å²) in [6, 6.07) is 10.1. The van der Waals surface area contributed by atoms with Gasteiger partial charge >= 0.3 is 5.97 Å². The van der Waals surface area contributed by atoms with Crippen LogP contribution in [0.25, 0.3) is 0 Å². The van der Waals surface area contributed by atoms with Crippen LogP contribution in [0.2, 0.25) is 0 Å². The number of ether oxygens (including phenoxy) is 2. The average molecular weight is 417 g/mol. The summed E-state index contributed by atoms with van der Waals surface area (Å²) in [6.45, 7) is 2.07. The summed E-state index contributed by atoms with van der Waals surface area (Å²) in [5, 5.41) is 3.41. The van der Waals surface area contributed by atoms with E-state index in [0.29, 0.717) is 50.7 Å². The molecule has 6 nitrogen and oxygen atoms in total. The van der Waals surface area contributed by atoms with Gasteiger partial charge in [-0.25, -0.2) is 0 Å². The lowest BCUT2D eigenvalue weighted by atomic mass is 10.1. The zero-order valence-electron chi connectivity index (χ0n) is 16.8. The van der Waals surface area contributed by atoms with Crippen molar-refractivity contribution in [2.45, 2.75) is 32.1 Å². The van der Waals surface area contributed by atoms with Crippen molar-refractivity contribution in [3.8, 4) is 11.8 Å². The molecular weight excluding hydrogens is 388 g/mol. The van der Waals surface area contributed by atoms with Crippen molar-refractivity contribution in [2.75, 3.05) is 33.4 Å². The molecule has 156 valence electrons. The van der Waals surface area contributed by atoms with E-state index < -0.39 is 0 Å². The molecule has 1 N–H and O–H groups in total. The van der Waals surface area contributed by atoms with Gasteiger partial charge in [0.15, 0.2) is 0 Å². The molecule has 0 aliphatic carbocycles. The summed E-state index contributed by atoms with van der Waals surface area (Å²) < 4.78 is 10.1. The number of carbonyl (C=O) groups excluding carboxylic acids is 2. The van der Waals surface area contributed by atoms with Crippen LogP contribution in [-0.4, -0.2) is 55.3 Å². The monoisotopic (exact) mass is 416 g/mol. The number of carbonyl (C=O) groups is 2. The van der Waals surface area contributed by atoms with Crippen LogP contribution in [0.15, 0.2) is 30.3 Å². The Balaban J connectivity index is 1.59. The fraction of sp³-hybridized carbons (Fsp3) is 0.500. The molecule has 1 atom stereocenters. The highest BCUT2D eigenvalue weighted by Gasteiger charge is 2.31. The van der Waals surface area contributed by atoms with Crippen molar-refractivity contribution in [3.05, 3.63) is 35.9 Å². The summed E-state index contributed by atoms with van der Waals surface area (Å²) >= 11 is 5.20. The number of esters is 1. The molecular formula is C22H28N2O4S. The third kappa shape index (κ3) is 8.53. The number of thiocarbonyl (C=S) groups is 1. The third-order valence-corrected chi connectivity index (χ3v) is 4.92. The molecule has 1 saturated heterocycles. The number of likely N-dealkylation sites (tertiary alicyclic amines) is 1. The first-order chi connectivity index (χ1) is 14.1. The first-order valence-electron chi connectivity index (χ1n) is 9.86. The SMILES string of the molecule is COC(=O)CCCC#CCN1CC[C@H](COC(=S)NCCc2ccccc2)C1=O. The fourth-order valence-electron chi connectivity index (χ4n) is 2.96. The Morgan fingerprint density at radius 1 is 1.31 bits per heavy atom. The predicted octanol–water partition coefficient (Wildman–Crippen LogP) is 2.32. The zero-order valence-corrected chi connectivity index (χ0v) is 17.6. The molecule has 1 fully saturated rings. The lowest BCUT2D eigenvalue weighted by Gasteiger charge is -2.15. The van der Waals surface area contributed by atoms with E-state index in [0.717, 1.165) is 12.8 Å². The van der Waals surface area contributed by atoms with E-state index in [4.69, 9.17) is 17.0 Å². The first-order valence-corrected chi connectivity index (χ1v) is 10.3. The predicted molar refractivity (Wildman–Crippen MR) is 115 cm³/mol. The second-order valence-corrected chi connectivity index (χ2v) is 7.16. The van der Waals surface area contributed by atoms with Crippen molar-refractivity contribution >= 4 is 29.3 Å². The number of nitrogens with one attached hydrogen (secondary N) is 1. The van der Waals surface area contributed by atoms with Crippen molar-refractivity contribution in [3.63, 3.8) is 0 Å². The lowest BCUT2D eigenvalue weighted by Crippen LogP contribution is -2.32. The number of amides is 1. The molecule has 0 bridgehead atoms. The van der Waals surface area contributed by atoms with Crippen LogP contribution in [0.4, 0.5) is 0 Å². The van der Waals surface area contributed by atoms with Gasteiger partial charge in [0.25, 0.3) is 5.17 Å². The minimum atomic E-state index is -0.225. The number of rotatable bonds is 9. The molecule has 0 aromatic heterocycles. The Morgan fingerprint density at radius 3 is 2.86 bits per heavy atom. The van der Waals surface area contributed by atoms with Crippen molar-refractivity contribution in [2.24, 2.45) is 5.92 Å². The second kappa shape index (κ2) is 12.8. The molecule has 1 aliphatic rings. The van der Waals surface area contributed by atoms with E-state index in [1.165, 1.54) is 12.7 Å². The molecule has 1 aliphatic heterocycles. The van der Waals surface area contributed by atoms with Gasteiger partial charge in [0, 0.05) is 25.9 Å². The maximum absolute atomic E-state index is 12.4. The highest BCUT2D eigenvalue weighted by atomic mass is 32.1. The van der Waals surface area contributed by atoms with Crippen LogP contribution in [0, 0.1) is 17.8 Å². The van der Waals surface area contributed by atoms with Crippen LogP contribution in [0.1, 0.15) is 31.2 Å². The van der Waals surface area contributed by atoms with Crippen LogP contribution < -0.4 is 5.32 Å². The molecule has 1 aromatic carbocycles. The molecule has 0 unspecified atom stereocenters. The van der Waals surface area contributed by atoms with E-state index in [1.807, 2.05) is 18.2 Å². The highest BCUT2D eigenvalue weighted by molar-refractivity contribution is 7.80. The van der Waals surface area contributed by atoms with E-state index in [2.05, 4.69) is 34.0 Å². The molecule has 29 heavy (non-hydrogen) atoms. The molecule has 1 aromatic rings. The second-order valence-electron chi connectivity index (χ2n) is 6.79. The Morgan fingerprint density at radius 2 is 2.10 bits per heavy atom. The third-order valence-electron chi connectivity index (χ3n) is 4.66. The minimum absolute atomic E-state index is 0.0564. The summed E-state index contributed by atoms with van der Waals surface area (Å²) in [5.74, 6) is 5.66. The normalized spacial score (nSPS) is 15.4. The number of unbranched alkanes of at least 4 members (excludes halogenated alkanes) is 1. The minimum Gasteiger partial charge on any atom is -0.470 e. The molecule has 0 radical (unpaired) electrons. The van der Waals surface area contributed by atoms with Gasteiger partial charge in [-0.05, 0) is 37.0 Å². The number of benzene rings is 1. The Labute approximate surface area is 177 Å². The van der Waals surface area contributed by atoms with E-state index in [9.17, 15) is 9.59 Å². The molecule has 1 heterocycles. The summed E-state index contributed by atoms with van der Waals surface area (Å²) in [5.41, 5.74) is 1.23. The average Bonchev–Trinajstić information content (AvgIpc) is 3.09. The molecule has 1 amide bonds. The molecule has 7 heteroatoms. The molecule has 0 saturated carbocycles. The largest absolute Gasteiger partial charge is 0.470 e. The lowest BCUT2D eigenvalue weighted by molar-refractivity contribution is -0.140. The van der Waals surface area contributed by atoms with Crippen LogP contribution in [-0.2, 0) is 25.5 Å². The summed E-state index contributed by atoms with van der Waals surface area (Å²) in [6.07, 6.45) is 3.26. The van der Waals surface area contributed by atoms with Crippen molar-refractivity contribution in [1.82, 2.24) is 10.2 Å². The topological polar surface area (TPSA) is 67.9 Å². The van der Waals surface area contributed by atoms with E-state index in [1.54, 1.807) is 4.90 Å². The Kier molecular flexibility index (Phi) is 10.0. The van der Waals surface area contributed by atoms with Gasteiger partial charge in [0.2, 0.25) is 5.91 Å². The standard InChI is InChI=1S/C22H28N2O4S/c1-27-20(25)11-7-2-3-8-15-24-16-13-19(21(24)26)17-28-22(29)23-14-12-18-9-5-4-6-10-18/h4-6,9-10,19H,2,7,11-17H2,1H3,(H,23,29)/t19-/m1/s1. The Bertz CT molecular complexity index is 742. The smallest absolute Gasteiger partial charge is 0.305 e. The number of methoxy groups -OCH3 is 1. The zero-order chi connectivity index (χ0) is 20.9. The number of nitrogens with zero attached hydrogens (tertiary/aromatic N) is 1. The van der Waals surface area contributed by atoms with Crippen LogP contribution in [0.5, 0.6) is 0 Å². The van der Waals surface area contributed by atoms with Gasteiger partial charge in [-0.15, -0.1) is 5.92 Å². The van der Waals surface area contributed by atoms with Crippen LogP contribution in [0.3, 0.4) is 0 Å². The van der Waals surface area contributed by atoms with Gasteiger partial charge in [-0.2, -0.15) is 0 Å². The van der Waals surface area contributed by atoms with Crippen molar-refractivity contribution in [1.29, 1.82) is 0 Å². The maximum Gasteiger partial charge on any atom is 0.305 e. The number of hydrogen-bond acceptors (Lipinski definition) is 5. The Hall–Kier alpha value is -2.59. The number of hydrogen-bond donors (Lipinski definition) is 1. The van der Waals surface area contributed by atoms with Gasteiger partial charge in [-0.3, -0.25) is 9.59 Å². The van der Waals surface area contributed by atoms with Crippen molar-refractivity contribution < 1.29 is 19.1 Å². The van der Waals surface area contributed by atoms with Gasteiger partial charge in [0.05, 0.1) is 19.6 Å². The van der Waals surface area contributed by atoms with Crippen LogP contribution >= 0.6 is 12.2 Å². The summed E-state index contributed by atoms with van der Waals surface area (Å²) in [4.78, 5) is 25.2. The van der Waals surface area contributed by atoms with Gasteiger partial charge in [-0.1, -0.05) is 36.3 Å². The molecule has 2 rings (SSSR count). The van der Waals surface area contributed by atoms with E-state index in [-0.39, 0.29) is 17.8 Å².